The molecular formula is C40H26N2. The van der Waals surface area contributed by atoms with Gasteiger partial charge in [0, 0.05) is 69.3 Å². The van der Waals surface area contributed by atoms with Crippen LogP contribution in [0.4, 0.5) is 0 Å². The summed E-state index contributed by atoms with van der Waals surface area (Å²) >= 11 is 0. The molecule has 8 bridgehead atoms. The van der Waals surface area contributed by atoms with E-state index in [-0.39, 0.29) is 0 Å². The first-order valence-electron chi connectivity index (χ1n) is 14.1. The Labute approximate surface area is 246 Å². The summed E-state index contributed by atoms with van der Waals surface area (Å²) in [6.45, 7) is 1.23. The van der Waals surface area contributed by atoms with E-state index in [1.165, 1.54) is 32.9 Å². The van der Waals surface area contributed by atoms with E-state index >= 15 is 0 Å². The van der Waals surface area contributed by atoms with E-state index in [1.807, 2.05) is 48.5 Å². The lowest BCUT2D eigenvalue weighted by molar-refractivity contribution is 0.880. The highest BCUT2D eigenvalue weighted by molar-refractivity contribution is 5.85. The highest BCUT2D eigenvalue weighted by Crippen LogP contribution is 2.23. The predicted molar refractivity (Wildman–Crippen MR) is 172 cm³/mol. The molecule has 2 nitrogen and oxygen atoms in total. The molecule has 0 saturated heterocycles. The van der Waals surface area contributed by atoms with Crippen LogP contribution in [0.3, 0.4) is 0 Å². The highest BCUT2D eigenvalue weighted by atomic mass is 15.0. The molecule has 4 aromatic carbocycles. The van der Waals surface area contributed by atoms with Gasteiger partial charge in [-0.1, -0.05) is 83.8 Å². The number of fused-ring (bicyclic) bond motifs is 2. The van der Waals surface area contributed by atoms with Crippen LogP contribution in [0.25, 0.3) is 21.8 Å². The number of benzene rings is 4. The van der Waals surface area contributed by atoms with Crippen LogP contribution in [-0.2, 0) is 25.9 Å². The normalized spacial score (nSPS) is 12.4. The fourth-order valence-corrected chi connectivity index (χ4v) is 5.40. The summed E-state index contributed by atoms with van der Waals surface area (Å²) in [6.07, 6.45) is 5.73. The molecule has 0 atom stereocenters. The van der Waals surface area contributed by atoms with Crippen molar-refractivity contribution in [1.29, 1.82) is 0 Å². The predicted octanol–water partition coefficient (Wildman–Crippen LogP) is 7.20. The molecule has 4 aliphatic heterocycles. The van der Waals surface area contributed by atoms with E-state index in [2.05, 4.69) is 117 Å². The molecule has 4 aliphatic rings. The molecule has 0 saturated carbocycles. The van der Waals surface area contributed by atoms with Crippen LogP contribution < -0.4 is 0 Å². The van der Waals surface area contributed by atoms with Crippen molar-refractivity contribution < 1.29 is 0 Å². The minimum absolute atomic E-state index is 0.617. The quantitative estimate of drug-likeness (QED) is 0.182. The minimum atomic E-state index is 0.617. The smallest absolute Gasteiger partial charge is 0.0841 e. The van der Waals surface area contributed by atoms with E-state index in [9.17, 15) is 0 Å². The van der Waals surface area contributed by atoms with E-state index in [0.29, 0.717) is 25.9 Å². The van der Waals surface area contributed by atoms with Crippen LogP contribution in [0, 0.1) is 47.4 Å². The third kappa shape index (κ3) is 5.32. The van der Waals surface area contributed by atoms with E-state index < -0.39 is 0 Å². The molecule has 0 fully saturated rings. The topological polar surface area (TPSA) is 9.86 Å². The summed E-state index contributed by atoms with van der Waals surface area (Å²) in [5, 5.41) is 2.45. The zero-order valence-corrected chi connectivity index (χ0v) is 23.1. The van der Waals surface area contributed by atoms with Gasteiger partial charge in [0.25, 0.3) is 0 Å². The number of aromatic nitrogens is 2. The number of hydrogen-bond acceptors (Lipinski definition) is 0. The maximum Gasteiger partial charge on any atom is 0.0841 e. The molecule has 6 heterocycles. The van der Waals surface area contributed by atoms with Crippen LogP contribution >= 0.6 is 0 Å². The van der Waals surface area contributed by atoms with Crippen molar-refractivity contribution in [3.05, 3.63) is 143 Å². The largest absolute Gasteiger partial charge is 0.335 e. The molecule has 0 radical (unpaired) electrons. The zero-order chi connectivity index (χ0) is 28.1. The third-order valence-electron chi connectivity index (χ3n) is 7.50. The van der Waals surface area contributed by atoms with Crippen molar-refractivity contribution in [3.63, 3.8) is 0 Å². The first kappa shape index (κ1) is 25.2. The lowest BCUT2D eigenvalue weighted by Gasteiger charge is -1.98. The maximum atomic E-state index is 3.38. The Morgan fingerprint density at radius 2 is 0.762 bits per heavy atom. The summed E-state index contributed by atoms with van der Waals surface area (Å²) in [7, 11) is 0. The second kappa shape index (κ2) is 11.4. The van der Waals surface area contributed by atoms with Crippen molar-refractivity contribution in [3.8, 4) is 47.4 Å². The van der Waals surface area contributed by atoms with Crippen LogP contribution in [0.15, 0.2) is 109 Å². The second-order valence-electron chi connectivity index (χ2n) is 10.3. The van der Waals surface area contributed by atoms with Crippen molar-refractivity contribution in [2.45, 2.75) is 25.9 Å². The Morgan fingerprint density at radius 1 is 0.405 bits per heavy atom. The van der Waals surface area contributed by atoms with E-state index in [0.717, 1.165) is 22.3 Å². The fourth-order valence-electron chi connectivity index (χ4n) is 5.40. The van der Waals surface area contributed by atoms with Gasteiger partial charge in [-0.25, -0.2) is 0 Å². The van der Waals surface area contributed by atoms with Crippen molar-refractivity contribution >= 4 is 21.8 Å². The summed E-state index contributed by atoms with van der Waals surface area (Å²) < 4.78 is 4.43. The van der Waals surface area contributed by atoms with Gasteiger partial charge in [-0.3, -0.25) is 0 Å². The third-order valence-corrected chi connectivity index (χ3v) is 7.50. The van der Waals surface area contributed by atoms with Crippen LogP contribution in [-0.4, -0.2) is 9.13 Å². The first-order valence-corrected chi connectivity index (χ1v) is 14.1. The maximum absolute atomic E-state index is 3.38. The standard InChI is InChI=1S/C40H26N2/c1-3-17-39-37(15-1)35-13-5-9-31-19-23-34(24-20-31)12-8-28-42-30-36(38-16-2-4-18-40(38)42)14-6-10-32-21-25-33(26-22-32)11-7-27-41(39)29-35/h1-4,15-26,29-30H,13-14,27-28H2. The van der Waals surface area contributed by atoms with Gasteiger partial charge in [-0.05, 0) is 71.8 Å². The molecule has 0 aliphatic carbocycles. The first-order chi connectivity index (χ1) is 20.8. The van der Waals surface area contributed by atoms with Gasteiger partial charge < -0.3 is 9.13 Å². The van der Waals surface area contributed by atoms with Gasteiger partial charge in [0.2, 0.25) is 0 Å². The number of hydrogen-bond donors (Lipinski definition) is 0. The zero-order valence-electron chi connectivity index (χ0n) is 23.1. The van der Waals surface area contributed by atoms with Gasteiger partial charge in [-0.15, -0.1) is 0 Å². The molecule has 0 amide bonds. The molecule has 2 aromatic heterocycles. The molecule has 0 spiro atoms. The molecule has 0 unspecified atom stereocenters. The van der Waals surface area contributed by atoms with Gasteiger partial charge >= 0.3 is 0 Å². The number of rotatable bonds is 0. The summed E-state index contributed by atoms with van der Waals surface area (Å²) in [6, 6.07) is 33.3. The Kier molecular flexibility index (Phi) is 6.81. The van der Waals surface area contributed by atoms with Crippen molar-refractivity contribution in [2.24, 2.45) is 0 Å². The molecular weight excluding hydrogens is 508 g/mol. The van der Waals surface area contributed by atoms with Gasteiger partial charge in [0.15, 0.2) is 0 Å². The van der Waals surface area contributed by atoms with Crippen LogP contribution in [0.1, 0.15) is 33.4 Å². The fraction of sp³-hybridized carbons (Fsp3) is 0.100. The Hall–Kier alpha value is -5.80. The van der Waals surface area contributed by atoms with Gasteiger partial charge in [-0.2, -0.15) is 0 Å². The summed E-state index contributed by atoms with van der Waals surface area (Å²) in [5.74, 6) is 26.8. The Balaban J connectivity index is 1.25. The van der Waals surface area contributed by atoms with Crippen LogP contribution in [0.5, 0.6) is 0 Å². The number of nitrogens with zero attached hydrogens (tertiary/aromatic N) is 2. The molecule has 10 rings (SSSR count). The molecule has 2 heteroatoms. The molecule has 6 aromatic rings. The molecule has 42 heavy (non-hydrogen) atoms. The lowest BCUT2D eigenvalue weighted by atomic mass is 10.1. The monoisotopic (exact) mass is 534 g/mol. The van der Waals surface area contributed by atoms with E-state index in [1.54, 1.807) is 0 Å². The second-order valence-corrected chi connectivity index (χ2v) is 10.3. The summed E-state index contributed by atoms with van der Waals surface area (Å²) in [4.78, 5) is 0. The summed E-state index contributed by atoms with van der Waals surface area (Å²) in [5.41, 5.74) is 8.74. The Bertz CT molecular complexity index is 1880. The highest BCUT2D eigenvalue weighted by Gasteiger charge is 2.07. The number of para-hydroxylation sites is 2. The van der Waals surface area contributed by atoms with Gasteiger partial charge in [0.05, 0.1) is 13.1 Å². The SMILES string of the molecule is C1#Cc2ccc(cc2)C#CCn2cc(c3ccccc32)CC#Cc2ccc(cc2)C#CCn2cc(c3ccccc32)C1. The van der Waals surface area contributed by atoms with E-state index in [4.69, 9.17) is 0 Å². The van der Waals surface area contributed by atoms with Crippen LogP contribution in [0.2, 0.25) is 0 Å². The minimum Gasteiger partial charge on any atom is -0.335 e. The molecule has 196 valence electrons. The average Bonchev–Trinajstić information content (AvgIpc) is 3.56. The van der Waals surface area contributed by atoms with Gasteiger partial charge in [0.1, 0.15) is 0 Å². The van der Waals surface area contributed by atoms with Crippen molar-refractivity contribution in [2.75, 3.05) is 0 Å². The average molecular weight is 535 g/mol. The Morgan fingerprint density at radius 3 is 1.17 bits per heavy atom. The molecule has 0 N–H and O–H groups in total. The van der Waals surface area contributed by atoms with Crippen molar-refractivity contribution in [1.82, 2.24) is 9.13 Å². The lowest BCUT2D eigenvalue weighted by Crippen LogP contribution is -1.93.